The van der Waals surface area contributed by atoms with Crippen molar-refractivity contribution in [3.63, 3.8) is 0 Å². The van der Waals surface area contributed by atoms with E-state index in [1.807, 2.05) is 24.3 Å². The summed E-state index contributed by atoms with van der Waals surface area (Å²) in [5.41, 5.74) is 2.17. The number of benzene rings is 2. The second-order valence-corrected chi connectivity index (χ2v) is 6.54. The molecule has 1 N–H and O–H groups in total. The van der Waals surface area contributed by atoms with Gasteiger partial charge in [0, 0.05) is 22.2 Å². The van der Waals surface area contributed by atoms with Crippen LogP contribution < -0.4 is 10.1 Å². The van der Waals surface area contributed by atoms with Gasteiger partial charge in [-0.2, -0.15) is 0 Å². The van der Waals surface area contributed by atoms with Crippen molar-refractivity contribution >= 4 is 35.6 Å². The lowest BCUT2D eigenvalue weighted by Gasteiger charge is -2.10. The summed E-state index contributed by atoms with van der Waals surface area (Å²) in [4.78, 5) is 0. The molecule has 0 unspecified atom stereocenters. The van der Waals surface area contributed by atoms with Gasteiger partial charge in [-0.15, -0.1) is 12.4 Å². The fraction of sp³-hybridized carbons (Fsp3) is 0.333. The number of rotatable bonds is 7. The summed E-state index contributed by atoms with van der Waals surface area (Å²) in [5.74, 6) is 1.49. The SMILES string of the molecule is CC(C)CNCc1ccc(OCc2ccc(Cl)cc2Cl)cc1.Cl. The predicted octanol–water partition coefficient (Wildman–Crippen LogP) is 5.74. The molecule has 0 heterocycles. The highest BCUT2D eigenvalue weighted by atomic mass is 35.5. The molecule has 0 atom stereocenters. The van der Waals surface area contributed by atoms with Crippen LogP contribution in [-0.4, -0.2) is 6.54 Å². The van der Waals surface area contributed by atoms with Gasteiger partial charge in [-0.05, 0) is 42.3 Å². The molecule has 2 aromatic rings. The summed E-state index contributed by atoms with van der Waals surface area (Å²) in [6.07, 6.45) is 0. The fourth-order valence-corrected chi connectivity index (χ4v) is 2.47. The summed E-state index contributed by atoms with van der Waals surface area (Å²) in [7, 11) is 0. The van der Waals surface area contributed by atoms with Crippen molar-refractivity contribution < 1.29 is 4.74 Å². The van der Waals surface area contributed by atoms with Crippen LogP contribution in [0.5, 0.6) is 5.75 Å². The van der Waals surface area contributed by atoms with E-state index < -0.39 is 0 Å². The second kappa shape index (κ2) is 10.0. The van der Waals surface area contributed by atoms with E-state index in [-0.39, 0.29) is 12.4 Å². The third kappa shape index (κ3) is 7.01. The lowest BCUT2D eigenvalue weighted by molar-refractivity contribution is 0.306. The molecule has 0 saturated carbocycles. The van der Waals surface area contributed by atoms with Crippen LogP contribution in [0.25, 0.3) is 0 Å². The molecule has 5 heteroatoms. The van der Waals surface area contributed by atoms with Crippen LogP contribution in [0.1, 0.15) is 25.0 Å². The molecule has 126 valence electrons. The minimum atomic E-state index is 0. The van der Waals surface area contributed by atoms with E-state index in [0.29, 0.717) is 22.6 Å². The van der Waals surface area contributed by atoms with E-state index in [1.54, 1.807) is 6.07 Å². The summed E-state index contributed by atoms with van der Waals surface area (Å²) in [5, 5.41) is 4.68. The Labute approximate surface area is 154 Å². The first-order chi connectivity index (χ1) is 10.5. The molecule has 23 heavy (non-hydrogen) atoms. The maximum absolute atomic E-state index is 6.13. The Hall–Kier alpha value is -0.930. The molecule has 0 aliphatic rings. The maximum Gasteiger partial charge on any atom is 0.119 e. The van der Waals surface area contributed by atoms with Gasteiger partial charge in [0.2, 0.25) is 0 Å². The molecule has 2 aromatic carbocycles. The molecule has 2 rings (SSSR count). The van der Waals surface area contributed by atoms with E-state index in [9.17, 15) is 0 Å². The highest BCUT2D eigenvalue weighted by molar-refractivity contribution is 6.35. The van der Waals surface area contributed by atoms with Gasteiger partial charge in [-0.3, -0.25) is 0 Å². The molecule has 0 aliphatic carbocycles. The lowest BCUT2D eigenvalue weighted by Crippen LogP contribution is -2.18. The highest BCUT2D eigenvalue weighted by Gasteiger charge is 2.03. The molecular weight excluding hydrogens is 353 g/mol. The third-order valence-electron chi connectivity index (χ3n) is 3.21. The van der Waals surface area contributed by atoms with Crippen molar-refractivity contribution in [2.45, 2.75) is 27.0 Å². The zero-order valence-electron chi connectivity index (χ0n) is 13.3. The number of hydrogen-bond donors (Lipinski definition) is 1. The zero-order valence-corrected chi connectivity index (χ0v) is 15.6. The molecule has 0 aliphatic heterocycles. The highest BCUT2D eigenvalue weighted by Crippen LogP contribution is 2.22. The monoisotopic (exact) mass is 373 g/mol. The molecule has 2 nitrogen and oxygen atoms in total. The van der Waals surface area contributed by atoms with Crippen LogP contribution in [0.4, 0.5) is 0 Å². The Bertz CT molecular complexity index is 600. The molecule has 0 amide bonds. The van der Waals surface area contributed by atoms with Gasteiger partial charge in [0.05, 0.1) is 0 Å². The minimum Gasteiger partial charge on any atom is -0.489 e. The van der Waals surface area contributed by atoms with Crippen LogP contribution >= 0.6 is 35.6 Å². The standard InChI is InChI=1S/C18H21Cl2NO.ClH/c1-13(2)10-21-11-14-3-7-17(8-4-14)22-12-15-5-6-16(19)9-18(15)20;/h3-9,13,21H,10-12H2,1-2H3;1H. The normalized spacial score (nSPS) is 10.5. The average Bonchev–Trinajstić information content (AvgIpc) is 2.47. The van der Waals surface area contributed by atoms with Crippen molar-refractivity contribution in [1.82, 2.24) is 5.32 Å². The lowest BCUT2D eigenvalue weighted by atomic mass is 10.2. The molecular formula is C18H22Cl3NO. The first kappa shape index (κ1) is 20.1. The first-order valence-electron chi connectivity index (χ1n) is 7.41. The Morgan fingerprint density at radius 2 is 1.74 bits per heavy atom. The summed E-state index contributed by atoms with van der Waals surface area (Å²) < 4.78 is 5.76. The quantitative estimate of drug-likeness (QED) is 0.667. The smallest absolute Gasteiger partial charge is 0.119 e. The van der Waals surface area contributed by atoms with Gasteiger partial charge in [-0.25, -0.2) is 0 Å². The van der Waals surface area contributed by atoms with Gasteiger partial charge in [0.15, 0.2) is 0 Å². The van der Waals surface area contributed by atoms with E-state index in [4.69, 9.17) is 27.9 Å². The van der Waals surface area contributed by atoms with Crippen LogP contribution in [0, 0.1) is 5.92 Å². The number of hydrogen-bond acceptors (Lipinski definition) is 2. The number of ether oxygens (including phenoxy) is 1. The minimum absolute atomic E-state index is 0. The summed E-state index contributed by atoms with van der Waals surface area (Å²) >= 11 is 12.0. The number of halogens is 3. The van der Waals surface area contributed by atoms with Gasteiger partial charge < -0.3 is 10.1 Å². The van der Waals surface area contributed by atoms with E-state index >= 15 is 0 Å². The topological polar surface area (TPSA) is 21.3 Å². The fourth-order valence-electron chi connectivity index (χ4n) is 2.01. The van der Waals surface area contributed by atoms with Gasteiger partial charge in [0.25, 0.3) is 0 Å². The molecule has 0 radical (unpaired) electrons. The second-order valence-electron chi connectivity index (χ2n) is 5.69. The molecule has 0 spiro atoms. The average molecular weight is 375 g/mol. The van der Waals surface area contributed by atoms with Crippen LogP contribution in [0.15, 0.2) is 42.5 Å². The predicted molar refractivity (Wildman–Crippen MR) is 101 cm³/mol. The Morgan fingerprint density at radius 3 is 2.35 bits per heavy atom. The van der Waals surface area contributed by atoms with Gasteiger partial charge in [0.1, 0.15) is 12.4 Å². The van der Waals surface area contributed by atoms with Crippen LogP contribution in [-0.2, 0) is 13.2 Å². The van der Waals surface area contributed by atoms with E-state index in [0.717, 1.165) is 24.4 Å². The van der Waals surface area contributed by atoms with Gasteiger partial charge >= 0.3 is 0 Å². The Morgan fingerprint density at radius 1 is 1.04 bits per heavy atom. The molecule has 0 saturated heterocycles. The van der Waals surface area contributed by atoms with Gasteiger partial charge in [-0.1, -0.05) is 55.2 Å². The molecule has 0 aromatic heterocycles. The van der Waals surface area contributed by atoms with Crippen molar-refractivity contribution in [3.05, 3.63) is 63.6 Å². The third-order valence-corrected chi connectivity index (χ3v) is 3.80. The van der Waals surface area contributed by atoms with Crippen molar-refractivity contribution in [2.24, 2.45) is 5.92 Å². The van der Waals surface area contributed by atoms with Crippen molar-refractivity contribution in [2.75, 3.05) is 6.54 Å². The zero-order chi connectivity index (χ0) is 15.9. The number of nitrogens with one attached hydrogen (secondary N) is 1. The van der Waals surface area contributed by atoms with Crippen LogP contribution in [0.2, 0.25) is 10.0 Å². The summed E-state index contributed by atoms with van der Waals surface area (Å²) in [6.45, 7) is 6.73. The molecule has 0 fully saturated rings. The van der Waals surface area contributed by atoms with Crippen LogP contribution in [0.3, 0.4) is 0 Å². The maximum atomic E-state index is 6.13. The van der Waals surface area contributed by atoms with Crippen molar-refractivity contribution in [3.8, 4) is 5.75 Å². The Balaban J connectivity index is 0.00000264. The first-order valence-corrected chi connectivity index (χ1v) is 8.16. The molecule has 0 bridgehead atoms. The summed E-state index contributed by atoms with van der Waals surface area (Å²) in [6, 6.07) is 13.5. The largest absolute Gasteiger partial charge is 0.489 e. The van der Waals surface area contributed by atoms with E-state index in [2.05, 4.69) is 31.3 Å². The van der Waals surface area contributed by atoms with Crippen molar-refractivity contribution in [1.29, 1.82) is 0 Å². The Kier molecular flexibility index (Phi) is 8.78. The van der Waals surface area contributed by atoms with E-state index in [1.165, 1.54) is 5.56 Å².